The largest absolute Gasteiger partial charge is 0.370 e. The van der Waals surface area contributed by atoms with Crippen molar-refractivity contribution >= 4 is 21.2 Å². The van der Waals surface area contributed by atoms with Gasteiger partial charge in [-0.2, -0.15) is 10.4 Å². The van der Waals surface area contributed by atoms with Crippen molar-refractivity contribution in [3.05, 3.63) is 59.8 Å². The number of hydrogen-bond acceptors (Lipinski definition) is 7. The Morgan fingerprint density at radius 2 is 1.90 bits per heavy atom. The SMILES string of the molecule is CN=S1(=O)CCN(c2ccc(-c3c([C@@H]4CCCC[C@H]4C(=O)C[C@@H](C)C#N)nn(-c4ncccc4F)c3C)cc2)CC1. The summed E-state index contributed by atoms with van der Waals surface area (Å²) in [6.07, 6.45) is 5.27. The number of halogens is 1. The molecule has 0 bridgehead atoms. The van der Waals surface area contributed by atoms with E-state index in [4.69, 9.17) is 5.10 Å². The molecule has 0 spiro atoms. The summed E-state index contributed by atoms with van der Waals surface area (Å²) < 4.78 is 33.2. The van der Waals surface area contributed by atoms with E-state index in [-0.39, 0.29) is 35.8 Å². The van der Waals surface area contributed by atoms with Crippen LogP contribution in [0, 0.1) is 35.9 Å². The van der Waals surface area contributed by atoms with Crippen LogP contribution in [0.15, 0.2) is 47.0 Å². The molecule has 1 saturated heterocycles. The van der Waals surface area contributed by atoms with Crippen LogP contribution in [0.3, 0.4) is 0 Å². The molecule has 2 aliphatic rings. The van der Waals surface area contributed by atoms with Crippen molar-refractivity contribution in [3.8, 4) is 23.0 Å². The second-order valence-electron chi connectivity index (χ2n) is 11.2. The lowest BCUT2D eigenvalue weighted by molar-refractivity contribution is -0.125. The summed E-state index contributed by atoms with van der Waals surface area (Å²) >= 11 is 0. The summed E-state index contributed by atoms with van der Waals surface area (Å²) in [5, 5.41) is 14.3. The van der Waals surface area contributed by atoms with Crippen LogP contribution in [0.5, 0.6) is 0 Å². The van der Waals surface area contributed by atoms with E-state index in [0.717, 1.165) is 53.9 Å². The number of rotatable bonds is 7. The molecule has 0 radical (unpaired) electrons. The van der Waals surface area contributed by atoms with E-state index in [0.29, 0.717) is 24.6 Å². The molecule has 3 aromatic rings. The quantitative estimate of drug-likeness (QED) is 0.358. The van der Waals surface area contributed by atoms with E-state index in [2.05, 4.69) is 44.6 Å². The normalized spacial score (nSPS) is 21.2. The lowest BCUT2D eigenvalue weighted by Crippen LogP contribution is -2.40. The number of nitriles is 1. The van der Waals surface area contributed by atoms with E-state index >= 15 is 0 Å². The Hall–Kier alpha value is -3.58. The molecule has 1 saturated carbocycles. The Morgan fingerprint density at radius 3 is 2.56 bits per heavy atom. The van der Waals surface area contributed by atoms with E-state index < -0.39 is 15.5 Å². The van der Waals surface area contributed by atoms with E-state index in [1.807, 2.05) is 6.92 Å². The van der Waals surface area contributed by atoms with Crippen LogP contribution in [0.1, 0.15) is 56.3 Å². The molecule has 3 atom stereocenters. The Kier molecular flexibility index (Phi) is 8.55. The lowest BCUT2D eigenvalue weighted by atomic mass is 9.72. The van der Waals surface area contributed by atoms with Gasteiger partial charge >= 0.3 is 0 Å². The van der Waals surface area contributed by atoms with E-state index in [1.165, 1.54) is 6.07 Å². The third-order valence-corrected chi connectivity index (χ3v) is 10.9. The first-order chi connectivity index (χ1) is 19.7. The highest BCUT2D eigenvalue weighted by atomic mass is 32.2. The molecule has 0 amide bonds. The maximum Gasteiger partial charge on any atom is 0.189 e. The van der Waals surface area contributed by atoms with Gasteiger partial charge in [0.05, 0.1) is 23.4 Å². The smallest absolute Gasteiger partial charge is 0.189 e. The number of carbonyl (C=O) groups excluding carboxylic acids is 1. The van der Waals surface area contributed by atoms with Crippen LogP contribution in [0.25, 0.3) is 16.9 Å². The van der Waals surface area contributed by atoms with Crippen molar-refractivity contribution < 1.29 is 13.4 Å². The Morgan fingerprint density at radius 1 is 1.20 bits per heavy atom. The Bertz CT molecular complexity index is 1570. The van der Waals surface area contributed by atoms with Crippen LogP contribution < -0.4 is 4.90 Å². The molecule has 216 valence electrons. The summed E-state index contributed by atoms with van der Waals surface area (Å²) in [5.74, 6) is 0.166. The maximum absolute atomic E-state index is 14.9. The molecule has 3 heterocycles. The fourth-order valence-corrected chi connectivity index (χ4v) is 7.80. The first-order valence-corrected chi connectivity index (χ1v) is 16.2. The molecule has 1 aliphatic heterocycles. The number of aromatic nitrogens is 3. The molecule has 10 heteroatoms. The third-order valence-electron chi connectivity index (χ3n) is 8.56. The van der Waals surface area contributed by atoms with Gasteiger partial charge in [0.25, 0.3) is 0 Å². The van der Waals surface area contributed by atoms with Crippen LogP contribution >= 0.6 is 0 Å². The number of anilines is 1. The van der Waals surface area contributed by atoms with Crippen LogP contribution in [-0.2, 0) is 14.5 Å². The summed E-state index contributed by atoms with van der Waals surface area (Å²) in [4.78, 5) is 19.9. The topological polar surface area (TPSA) is 104 Å². The van der Waals surface area contributed by atoms with Gasteiger partial charge in [0.15, 0.2) is 11.6 Å². The number of pyridine rings is 1. The number of carbonyl (C=O) groups is 1. The van der Waals surface area contributed by atoms with Crippen molar-refractivity contribution in [2.24, 2.45) is 16.2 Å². The third kappa shape index (κ3) is 5.91. The van der Waals surface area contributed by atoms with Crippen molar-refractivity contribution in [2.45, 2.75) is 51.9 Å². The Balaban J connectivity index is 1.55. The number of ketones is 1. The minimum atomic E-state index is -2.10. The molecule has 1 aliphatic carbocycles. The summed E-state index contributed by atoms with van der Waals surface area (Å²) in [6, 6.07) is 13.3. The minimum Gasteiger partial charge on any atom is -0.370 e. The molecule has 2 aromatic heterocycles. The summed E-state index contributed by atoms with van der Waals surface area (Å²) in [5.41, 5.74) is 4.42. The predicted molar refractivity (Wildman–Crippen MR) is 159 cm³/mol. The highest BCUT2D eigenvalue weighted by Crippen LogP contribution is 2.44. The number of Topliss-reactive ketones (excluding diaryl/α,β-unsaturated/α-hetero) is 1. The van der Waals surface area contributed by atoms with Gasteiger partial charge in [0.1, 0.15) is 5.78 Å². The standard InChI is InChI=1S/C31H37FN6O2S/c1-21(20-33)19-28(39)25-7-4-5-8-26(25)30-29(22(2)38(36-30)31-27(32)9-6-14-35-31)23-10-12-24(13-11-23)37-15-17-41(40,34-3)18-16-37/h6,9-14,21,25-26H,4-5,7-8,15-19H2,1-3H3/t21-,25-,26-/m1/s1. The number of hydrogen-bond donors (Lipinski definition) is 0. The number of nitrogens with zero attached hydrogens (tertiary/aromatic N) is 6. The molecular formula is C31H37FN6O2S. The van der Waals surface area contributed by atoms with Crippen LogP contribution in [0.4, 0.5) is 10.1 Å². The fraction of sp³-hybridized carbons (Fsp3) is 0.484. The van der Waals surface area contributed by atoms with Crippen LogP contribution in [-0.4, -0.2) is 56.4 Å². The molecule has 41 heavy (non-hydrogen) atoms. The molecular weight excluding hydrogens is 539 g/mol. The fourth-order valence-electron chi connectivity index (χ4n) is 6.22. The molecule has 0 unspecified atom stereocenters. The van der Waals surface area contributed by atoms with Crippen molar-refractivity contribution in [2.75, 3.05) is 36.5 Å². The van der Waals surface area contributed by atoms with Gasteiger partial charge in [-0.15, -0.1) is 0 Å². The summed E-state index contributed by atoms with van der Waals surface area (Å²) in [7, 11) is -0.465. The van der Waals surface area contributed by atoms with Crippen LogP contribution in [0.2, 0.25) is 0 Å². The average molecular weight is 577 g/mol. The first-order valence-electron chi connectivity index (χ1n) is 14.3. The van der Waals surface area contributed by atoms with Gasteiger partial charge in [-0.3, -0.25) is 4.79 Å². The van der Waals surface area contributed by atoms with Crippen molar-refractivity contribution in [3.63, 3.8) is 0 Å². The molecule has 8 nitrogen and oxygen atoms in total. The van der Waals surface area contributed by atoms with E-state index in [9.17, 15) is 18.7 Å². The maximum atomic E-state index is 14.9. The summed E-state index contributed by atoms with van der Waals surface area (Å²) in [6.45, 7) is 5.07. The van der Waals surface area contributed by atoms with Crippen molar-refractivity contribution in [1.29, 1.82) is 5.26 Å². The molecule has 5 rings (SSSR count). The monoisotopic (exact) mass is 576 g/mol. The van der Waals surface area contributed by atoms with Gasteiger partial charge in [-0.1, -0.05) is 25.0 Å². The second-order valence-corrected chi connectivity index (χ2v) is 13.9. The zero-order chi connectivity index (χ0) is 29.1. The first kappa shape index (κ1) is 28.9. The second kappa shape index (κ2) is 12.1. The molecule has 0 N–H and O–H groups in total. The van der Waals surface area contributed by atoms with Crippen molar-refractivity contribution in [1.82, 2.24) is 14.8 Å². The highest BCUT2D eigenvalue weighted by Gasteiger charge is 2.37. The van der Waals surface area contributed by atoms with Gasteiger partial charge in [-0.25, -0.2) is 22.6 Å². The zero-order valence-corrected chi connectivity index (χ0v) is 24.7. The zero-order valence-electron chi connectivity index (χ0n) is 23.9. The average Bonchev–Trinajstić information content (AvgIpc) is 3.34. The molecule has 1 aromatic carbocycles. The minimum absolute atomic E-state index is 0.0989. The number of benzene rings is 1. The van der Waals surface area contributed by atoms with E-state index in [1.54, 1.807) is 30.9 Å². The highest BCUT2D eigenvalue weighted by molar-refractivity contribution is 7.93. The van der Waals surface area contributed by atoms with Gasteiger partial charge in [0, 0.05) is 77.1 Å². The Labute approximate surface area is 241 Å². The van der Waals surface area contributed by atoms with Gasteiger partial charge in [-0.05, 0) is 56.5 Å². The van der Waals surface area contributed by atoms with Gasteiger partial charge < -0.3 is 4.90 Å². The molecule has 2 fully saturated rings. The predicted octanol–water partition coefficient (Wildman–Crippen LogP) is 5.69. The van der Waals surface area contributed by atoms with Gasteiger partial charge in [0.2, 0.25) is 0 Å². The lowest BCUT2D eigenvalue weighted by Gasteiger charge is -2.31.